The Kier molecular flexibility index (Phi) is 8.24. The molecule has 244 valence electrons. The van der Waals surface area contributed by atoms with E-state index in [1.165, 1.54) is 16.1 Å². The number of hydrogen-bond acceptors (Lipinski definition) is 6. The van der Waals surface area contributed by atoms with Crippen molar-refractivity contribution in [2.45, 2.75) is 37.4 Å². The molecule has 0 radical (unpaired) electrons. The molecule has 12 nitrogen and oxygen atoms in total. The SMILES string of the molecule is C[C@@H](O)[C@H]1C(=O)N2C(C(=O)O)=C(CN3c4cccc5cc(C[N+]67CC[N+](CC(N)=O)(CC6)CC7)cc(c45)S3(=O)=O)[C@H](C)[C@H]12.[Cl-].[Cl-]. The lowest BCUT2D eigenvalue weighted by Gasteiger charge is -2.55. The largest absolute Gasteiger partial charge is 1.00 e. The number of fused-ring (bicyclic) bond motifs is 4. The Bertz CT molecular complexity index is 1740. The molecule has 6 aliphatic rings. The first-order chi connectivity index (χ1) is 20.3. The second-order valence-corrected chi connectivity index (χ2v) is 15.1. The highest BCUT2D eigenvalue weighted by molar-refractivity contribution is 7.93. The Morgan fingerprint density at radius 1 is 1.07 bits per heavy atom. The number of sulfonamides is 1. The zero-order valence-corrected chi connectivity index (χ0v) is 27.4. The smallest absolute Gasteiger partial charge is 0.352 e. The number of piperazine rings is 3. The normalized spacial score (nSPS) is 31.3. The van der Waals surface area contributed by atoms with Gasteiger partial charge in [0.1, 0.15) is 51.5 Å². The quantitative estimate of drug-likeness (QED) is 0.185. The third-order valence-electron chi connectivity index (χ3n) is 10.8. The maximum absolute atomic E-state index is 14.2. The number of rotatable bonds is 8. The molecular formula is C30H37Cl2N5O7S. The zero-order chi connectivity index (χ0) is 30.6. The minimum absolute atomic E-state index is 0. The summed E-state index contributed by atoms with van der Waals surface area (Å²) in [5, 5.41) is 21.7. The molecule has 6 aliphatic heterocycles. The summed E-state index contributed by atoms with van der Waals surface area (Å²) in [6.45, 7) is 9.46. The number of carboxylic acids is 1. The Balaban J connectivity index is 0.00000200. The summed E-state index contributed by atoms with van der Waals surface area (Å²) >= 11 is 0. The summed E-state index contributed by atoms with van der Waals surface area (Å²) in [4.78, 5) is 38.3. The van der Waals surface area contributed by atoms with Crippen molar-refractivity contribution in [1.82, 2.24) is 4.90 Å². The van der Waals surface area contributed by atoms with E-state index < -0.39 is 45.9 Å². The van der Waals surface area contributed by atoms with Crippen molar-refractivity contribution < 1.29 is 66.8 Å². The lowest BCUT2D eigenvalue weighted by atomic mass is 9.78. The van der Waals surface area contributed by atoms with E-state index in [1.54, 1.807) is 19.1 Å². The molecule has 2 aromatic carbocycles. The highest BCUT2D eigenvalue weighted by atomic mass is 35.5. The Labute approximate surface area is 274 Å². The maximum Gasteiger partial charge on any atom is 0.352 e. The number of carbonyl (C=O) groups excluding carboxylic acids is 2. The fraction of sp³-hybridized carbons (Fsp3) is 0.500. The van der Waals surface area contributed by atoms with Crippen molar-refractivity contribution >= 4 is 44.3 Å². The zero-order valence-electron chi connectivity index (χ0n) is 25.0. The number of primary amides is 1. The molecule has 15 heteroatoms. The van der Waals surface area contributed by atoms with Crippen LogP contribution in [0.4, 0.5) is 5.69 Å². The highest BCUT2D eigenvalue weighted by Crippen LogP contribution is 2.50. The molecule has 2 aromatic rings. The lowest BCUT2D eigenvalue weighted by molar-refractivity contribution is -1.08. The number of β-lactam (4-membered cyclic amide) rings is 1. The lowest BCUT2D eigenvalue weighted by Crippen LogP contribution is -3.00. The number of hydrogen-bond donors (Lipinski definition) is 3. The monoisotopic (exact) mass is 681 g/mol. The van der Waals surface area contributed by atoms with Crippen LogP contribution in [0, 0.1) is 11.8 Å². The molecule has 4 atom stereocenters. The second-order valence-electron chi connectivity index (χ2n) is 13.2. The van der Waals surface area contributed by atoms with Crippen LogP contribution in [0.3, 0.4) is 0 Å². The molecule has 6 heterocycles. The van der Waals surface area contributed by atoms with E-state index >= 15 is 0 Å². The number of quaternary nitrogens is 2. The van der Waals surface area contributed by atoms with Gasteiger partial charge < -0.3 is 54.6 Å². The predicted octanol–water partition coefficient (Wildman–Crippen LogP) is -5.80. The minimum Gasteiger partial charge on any atom is -1.00 e. The van der Waals surface area contributed by atoms with Crippen LogP contribution in [0.5, 0.6) is 0 Å². The van der Waals surface area contributed by atoms with Gasteiger partial charge in [0.05, 0.1) is 35.2 Å². The van der Waals surface area contributed by atoms with Crippen molar-refractivity contribution in [1.29, 1.82) is 0 Å². The maximum atomic E-state index is 14.2. The van der Waals surface area contributed by atoms with Crippen molar-refractivity contribution in [3.63, 3.8) is 0 Å². The van der Waals surface area contributed by atoms with Crippen molar-refractivity contribution in [3.8, 4) is 0 Å². The third-order valence-corrected chi connectivity index (χ3v) is 12.6. The number of halogens is 2. The number of benzene rings is 2. The summed E-state index contributed by atoms with van der Waals surface area (Å²) in [6.07, 6.45) is -0.942. The molecule has 2 bridgehead atoms. The number of carboxylic acid groups (broad SMARTS) is 1. The predicted molar refractivity (Wildman–Crippen MR) is 156 cm³/mol. The average molecular weight is 683 g/mol. The summed E-state index contributed by atoms with van der Waals surface area (Å²) in [6, 6.07) is 8.77. The van der Waals surface area contributed by atoms with Crippen LogP contribution in [0.25, 0.3) is 10.8 Å². The van der Waals surface area contributed by atoms with Gasteiger partial charge in [-0.2, -0.15) is 0 Å². The van der Waals surface area contributed by atoms with E-state index in [2.05, 4.69) is 6.07 Å². The van der Waals surface area contributed by atoms with Crippen LogP contribution in [0.2, 0.25) is 0 Å². The Morgan fingerprint density at radius 3 is 2.27 bits per heavy atom. The van der Waals surface area contributed by atoms with Gasteiger partial charge in [0.2, 0.25) is 5.91 Å². The Hall–Kier alpha value is -2.94. The van der Waals surface area contributed by atoms with Gasteiger partial charge in [0.15, 0.2) is 6.54 Å². The van der Waals surface area contributed by atoms with Gasteiger partial charge >= 0.3 is 5.97 Å². The first-order valence-corrected chi connectivity index (χ1v) is 16.3. The number of aliphatic hydroxyl groups is 1. The molecule has 4 N–H and O–H groups in total. The molecule has 2 amide bonds. The summed E-state index contributed by atoms with van der Waals surface area (Å²) in [7, 11) is -4.03. The van der Waals surface area contributed by atoms with E-state index in [-0.39, 0.29) is 47.9 Å². The summed E-state index contributed by atoms with van der Waals surface area (Å²) in [5.74, 6) is -3.18. The molecule has 0 unspecified atom stereocenters. The van der Waals surface area contributed by atoms with Crippen LogP contribution in [-0.4, -0.2) is 115 Å². The molecule has 8 rings (SSSR count). The second kappa shape index (κ2) is 11.1. The summed E-state index contributed by atoms with van der Waals surface area (Å²) in [5.41, 5.74) is 7.12. The van der Waals surface area contributed by atoms with Gasteiger partial charge in [-0.15, -0.1) is 0 Å². The van der Waals surface area contributed by atoms with Crippen molar-refractivity contribution in [2.75, 3.05) is 56.7 Å². The van der Waals surface area contributed by atoms with Gasteiger partial charge in [-0.3, -0.25) is 13.9 Å². The van der Waals surface area contributed by atoms with E-state index in [9.17, 15) is 33.0 Å². The fourth-order valence-corrected chi connectivity index (χ4v) is 10.2. The number of nitrogens with zero attached hydrogens (tertiary/aromatic N) is 4. The van der Waals surface area contributed by atoms with Gasteiger partial charge in [-0.1, -0.05) is 19.1 Å². The van der Waals surface area contributed by atoms with E-state index in [0.29, 0.717) is 29.7 Å². The van der Waals surface area contributed by atoms with Crippen LogP contribution < -0.4 is 34.9 Å². The van der Waals surface area contributed by atoms with Gasteiger partial charge in [0.25, 0.3) is 15.9 Å². The van der Waals surface area contributed by atoms with Crippen molar-refractivity contribution in [3.05, 3.63) is 47.2 Å². The topological polar surface area (TPSA) is 158 Å². The highest BCUT2D eigenvalue weighted by Gasteiger charge is 2.60. The molecule has 4 saturated heterocycles. The molecule has 0 aromatic heterocycles. The van der Waals surface area contributed by atoms with Crippen molar-refractivity contribution in [2.24, 2.45) is 17.6 Å². The van der Waals surface area contributed by atoms with Gasteiger partial charge in [-0.25, -0.2) is 13.2 Å². The van der Waals surface area contributed by atoms with Crippen LogP contribution in [0.15, 0.2) is 46.5 Å². The average Bonchev–Trinajstić information content (AvgIpc) is 3.31. The standard InChI is InChI=1S/C30H35N5O7S.2ClH/c1-17-21(28(30(39)40)33-27(17)25(18(2)36)29(33)38)14-32-22-5-3-4-20-12-19(13-23(26(20)22)43(32,41)42)15-34-6-9-35(10-7-34,11-8-34)16-24(31)37;;/h3-5,12-13,17-18,25,27,36H,6-11,14-16H2,1-2H3,(H-2,31,37,39,40);2*1H/t17-,18+,25+,27+,34?,35?;;/m0../s1. The number of nitrogens with two attached hydrogens (primary N) is 1. The van der Waals surface area contributed by atoms with Crippen LogP contribution in [0.1, 0.15) is 19.4 Å². The molecule has 4 fully saturated rings. The van der Waals surface area contributed by atoms with E-state index in [1.807, 2.05) is 12.1 Å². The molecule has 45 heavy (non-hydrogen) atoms. The molecule has 0 spiro atoms. The number of aliphatic hydroxyl groups excluding tert-OH is 1. The van der Waals surface area contributed by atoms with Gasteiger partial charge in [0, 0.05) is 16.9 Å². The van der Waals surface area contributed by atoms with Crippen LogP contribution in [-0.2, 0) is 31.0 Å². The third kappa shape index (κ3) is 4.82. The molecular weight excluding hydrogens is 645 g/mol. The number of aliphatic carboxylic acids is 1. The van der Waals surface area contributed by atoms with E-state index in [4.69, 9.17) is 5.73 Å². The van der Waals surface area contributed by atoms with Crippen LogP contribution >= 0.6 is 0 Å². The molecule has 0 aliphatic carbocycles. The first kappa shape index (κ1) is 33.4. The summed E-state index contributed by atoms with van der Waals surface area (Å²) < 4.78 is 31.2. The minimum atomic E-state index is -4.03. The number of amides is 2. The van der Waals surface area contributed by atoms with Gasteiger partial charge in [-0.05, 0) is 36.1 Å². The first-order valence-electron chi connectivity index (χ1n) is 14.8. The van der Waals surface area contributed by atoms with E-state index in [0.717, 1.165) is 59.2 Å². The number of anilines is 1. The fourth-order valence-electron chi connectivity index (χ4n) is 8.49. The Morgan fingerprint density at radius 2 is 1.69 bits per heavy atom. The number of carbonyl (C=O) groups is 3. The molecule has 0 saturated carbocycles.